The molecule has 0 aliphatic rings. The lowest BCUT2D eigenvalue weighted by Gasteiger charge is -2.04. The molecule has 0 saturated carbocycles. The van der Waals surface area contributed by atoms with Gasteiger partial charge in [-0.15, -0.1) is 5.10 Å². The molecule has 2 rings (SSSR count). The molecule has 0 aliphatic carbocycles. The van der Waals surface area contributed by atoms with E-state index < -0.39 is 30.9 Å². The van der Waals surface area contributed by atoms with Crippen LogP contribution in [0.25, 0.3) is 11.0 Å². The number of rotatable bonds is 5. The van der Waals surface area contributed by atoms with E-state index in [0.717, 1.165) is 0 Å². The number of carbonyl (C=O) groups excluding carboxylic acids is 1. The zero-order chi connectivity index (χ0) is 14.5. The Morgan fingerprint density at radius 3 is 2.75 bits per heavy atom. The van der Waals surface area contributed by atoms with Crippen LogP contribution in [0.1, 0.15) is 6.42 Å². The van der Waals surface area contributed by atoms with Crippen LogP contribution in [0.5, 0.6) is 0 Å². The smallest absolute Gasteiger partial charge is 0.327 e. The van der Waals surface area contributed by atoms with Gasteiger partial charge in [0.2, 0.25) is 0 Å². The lowest BCUT2D eigenvalue weighted by Crippen LogP contribution is -2.15. The molecule has 0 N–H and O–H groups in total. The van der Waals surface area contributed by atoms with Crippen molar-refractivity contribution in [1.29, 1.82) is 0 Å². The number of nitrogens with zero attached hydrogens (tertiary/aromatic N) is 3. The van der Waals surface area contributed by atoms with Crippen molar-refractivity contribution in [3.63, 3.8) is 0 Å². The van der Waals surface area contributed by atoms with Crippen LogP contribution in [0.3, 0.4) is 0 Å². The van der Waals surface area contributed by atoms with Crippen LogP contribution in [0.4, 0.5) is 13.2 Å². The number of para-hydroxylation sites is 1. The summed E-state index contributed by atoms with van der Waals surface area (Å²) >= 11 is 0. The average Bonchev–Trinajstić information content (AvgIpc) is 2.82. The summed E-state index contributed by atoms with van der Waals surface area (Å²) in [6, 6.07) is 7.00. The first-order chi connectivity index (χ1) is 9.58. The second-order valence-electron chi connectivity index (χ2n) is 3.87. The second-order valence-corrected chi connectivity index (χ2v) is 3.87. The highest BCUT2D eigenvalue weighted by Gasteiger charge is 2.11. The number of carbonyl (C=O) groups is 1. The maximum Gasteiger partial charge on any atom is 0.327 e. The Kier molecular flexibility index (Phi) is 4.34. The predicted octanol–water partition coefficient (Wildman–Crippen LogP) is 2.44. The summed E-state index contributed by atoms with van der Waals surface area (Å²) in [6.45, 7) is -0.668. The molecule has 5 nitrogen and oxygen atoms in total. The molecule has 1 aromatic carbocycles. The van der Waals surface area contributed by atoms with Crippen LogP contribution >= 0.6 is 0 Å². The number of benzene rings is 1. The van der Waals surface area contributed by atoms with E-state index in [-0.39, 0.29) is 6.54 Å². The molecule has 20 heavy (non-hydrogen) atoms. The molecule has 1 heterocycles. The summed E-state index contributed by atoms with van der Waals surface area (Å²) in [7, 11) is 0. The van der Waals surface area contributed by atoms with Crippen molar-refractivity contribution >= 4 is 17.0 Å². The highest BCUT2D eigenvalue weighted by atomic mass is 19.3. The maximum atomic E-state index is 12.5. The van der Waals surface area contributed by atoms with E-state index in [1.165, 1.54) is 4.68 Å². The van der Waals surface area contributed by atoms with Crippen molar-refractivity contribution in [3.8, 4) is 0 Å². The van der Waals surface area contributed by atoms with Crippen LogP contribution in [0, 0.1) is 0 Å². The molecule has 0 spiro atoms. The summed E-state index contributed by atoms with van der Waals surface area (Å²) < 4.78 is 42.0. The molecule has 8 heteroatoms. The fourth-order valence-corrected chi connectivity index (χ4v) is 1.55. The van der Waals surface area contributed by atoms with Crippen molar-refractivity contribution in [2.24, 2.45) is 0 Å². The lowest BCUT2D eigenvalue weighted by molar-refractivity contribution is -0.144. The summed E-state index contributed by atoms with van der Waals surface area (Å²) in [6.07, 6.45) is -3.05. The molecule has 0 amide bonds. The molecule has 1 aromatic heterocycles. The molecule has 0 bridgehead atoms. The standard InChI is InChI=1S/C12H10F3N3O2/c13-8(12(14)15)5-6-20-11(19)7-18-10-4-2-1-3-9(10)16-17-18/h1-4H,5-7H2. The van der Waals surface area contributed by atoms with E-state index >= 15 is 0 Å². The van der Waals surface area contributed by atoms with Gasteiger partial charge in [-0.05, 0) is 12.1 Å². The van der Waals surface area contributed by atoms with E-state index in [1.54, 1.807) is 24.3 Å². The molecule has 0 unspecified atom stereocenters. The number of esters is 1. The zero-order valence-electron chi connectivity index (χ0n) is 10.2. The Balaban J connectivity index is 1.90. The minimum Gasteiger partial charge on any atom is -0.464 e. The maximum absolute atomic E-state index is 12.5. The molecule has 2 aromatic rings. The lowest BCUT2D eigenvalue weighted by atomic mass is 10.3. The minimum atomic E-state index is -2.40. The second kappa shape index (κ2) is 6.18. The summed E-state index contributed by atoms with van der Waals surface area (Å²) in [5.74, 6) is -2.28. The van der Waals surface area contributed by atoms with E-state index in [2.05, 4.69) is 15.0 Å². The molecule has 106 valence electrons. The van der Waals surface area contributed by atoms with Gasteiger partial charge in [0.15, 0.2) is 5.83 Å². The van der Waals surface area contributed by atoms with Gasteiger partial charge in [-0.25, -0.2) is 9.07 Å². The van der Waals surface area contributed by atoms with Gasteiger partial charge in [-0.2, -0.15) is 8.78 Å². The number of ether oxygens (including phenoxy) is 1. The van der Waals surface area contributed by atoms with Gasteiger partial charge in [-0.1, -0.05) is 17.3 Å². The van der Waals surface area contributed by atoms with Gasteiger partial charge in [0.25, 0.3) is 0 Å². The fraction of sp³-hybridized carbons (Fsp3) is 0.250. The normalized spacial score (nSPS) is 10.6. The monoisotopic (exact) mass is 285 g/mol. The molecule has 0 atom stereocenters. The third-order valence-corrected chi connectivity index (χ3v) is 2.49. The Bertz CT molecular complexity index is 650. The van der Waals surface area contributed by atoms with Gasteiger partial charge in [0, 0.05) is 6.42 Å². The Hall–Kier alpha value is -2.38. The largest absolute Gasteiger partial charge is 0.464 e. The zero-order valence-corrected chi connectivity index (χ0v) is 10.2. The first-order valence-corrected chi connectivity index (χ1v) is 5.71. The number of halogens is 3. The van der Waals surface area contributed by atoms with E-state index in [4.69, 9.17) is 0 Å². The fourth-order valence-electron chi connectivity index (χ4n) is 1.55. The van der Waals surface area contributed by atoms with Crippen molar-refractivity contribution in [2.75, 3.05) is 6.61 Å². The minimum absolute atomic E-state index is 0.218. The highest BCUT2D eigenvalue weighted by molar-refractivity contribution is 5.76. The molecule has 0 radical (unpaired) electrons. The van der Waals surface area contributed by atoms with Crippen LogP contribution < -0.4 is 0 Å². The molecular formula is C12H10F3N3O2. The van der Waals surface area contributed by atoms with Crippen molar-refractivity contribution in [3.05, 3.63) is 36.2 Å². The Morgan fingerprint density at radius 1 is 1.25 bits per heavy atom. The van der Waals surface area contributed by atoms with Crippen molar-refractivity contribution in [2.45, 2.75) is 13.0 Å². The highest BCUT2D eigenvalue weighted by Crippen LogP contribution is 2.13. The Labute approximate surface area is 111 Å². The first-order valence-electron chi connectivity index (χ1n) is 5.71. The quantitative estimate of drug-likeness (QED) is 0.792. The van der Waals surface area contributed by atoms with Gasteiger partial charge in [0.1, 0.15) is 12.1 Å². The topological polar surface area (TPSA) is 57.0 Å². The average molecular weight is 285 g/mol. The van der Waals surface area contributed by atoms with Crippen molar-refractivity contribution in [1.82, 2.24) is 15.0 Å². The predicted molar refractivity (Wildman–Crippen MR) is 63.5 cm³/mol. The Morgan fingerprint density at radius 2 is 2.00 bits per heavy atom. The van der Waals surface area contributed by atoms with Crippen LogP contribution in [-0.4, -0.2) is 27.6 Å². The van der Waals surface area contributed by atoms with Gasteiger partial charge < -0.3 is 4.74 Å². The van der Waals surface area contributed by atoms with Crippen LogP contribution in [-0.2, 0) is 16.1 Å². The van der Waals surface area contributed by atoms with Gasteiger partial charge in [-0.3, -0.25) is 4.79 Å². The molecule has 0 saturated heterocycles. The van der Waals surface area contributed by atoms with Crippen LogP contribution in [0.15, 0.2) is 36.2 Å². The SMILES string of the molecule is O=C(Cn1nnc2ccccc21)OCCC(F)=C(F)F. The van der Waals surface area contributed by atoms with E-state index in [0.29, 0.717) is 11.0 Å². The third kappa shape index (κ3) is 3.34. The van der Waals surface area contributed by atoms with Crippen molar-refractivity contribution < 1.29 is 22.7 Å². The third-order valence-electron chi connectivity index (χ3n) is 2.49. The number of fused-ring (bicyclic) bond motifs is 1. The number of hydrogen-bond donors (Lipinski definition) is 0. The summed E-state index contributed by atoms with van der Waals surface area (Å²) in [4.78, 5) is 11.5. The van der Waals surface area contributed by atoms with E-state index in [1.807, 2.05) is 0 Å². The van der Waals surface area contributed by atoms with Crippen LogP contribution in [0.2, 0.25) is 0 Å². The van der Waals surface area contributed by atoms with Gasteiger partial charge in [0.05, 0.1) is 12.1 Å². The van der Waals surface area contributed by atoms with E-state index in [9.17, 15) is 18.0 Å². The number of aromatic nitrogens is 3. The molecular weight excluding hydrogens is 275 g/mol. The summed E-state index contributed by atoms with van der Waals surface area (Å²) in [5, 5.41) is 7.61. The van der Waals surface area contributed by atoms with Gasteiger partial charge >= 0.3 is 12.0 Å². The number of hydrogen-bond acceptors (Lipinski definition) is 4. The summed E-state index contributed by atoms with van der Waals surface area (Å²) in [5.41, 5.74) is 1.26. The molecule has 0 aliphatic heterocycles. The molecule has 0 fully saturated rings. The first kappa shape index (κ1) is 14.0.